The summed E-state index contributed by atoms with van der Waals surface area (Å²) in [6.45, 7) is 6.90. The molecule has 0 radical (unpaired) electrons. The van der Waals surface area contributed by atoms with Gasteiger partial charge in [0.05, 0.1) is 6.54 Å². The summed E-state index contributed by atoms with van der Waals surface area (Å²) in [5.74, 6) is -1.50. The Bertz CT molecular complexity index is 744. The van der Waals surface area contributed by atoms with E-state index in [-0.39, 0.29) is 25.4 Å². The molecule has 8 heteroatoms. The van der Waals surface area contributed by atoms with E-state index in [1.165, 1.54) is 4.90 Å². The fourth-order valence-corrected chi connectivity index (χ4v) is 3.08. The second-order valence-electron chi connectivity index (χ2n) is 7.45. The van der Waals surface area contributed by atoms with Crippen molar-refractivity contribution in [3.8, 4) is 0 Å². The number of ether oxygens (including phenoxy) is 1. The second-order valence-corrected chi connectivity index (χ2v) is 7.89. The van der Waals surface area contributed by atoms with Crippen molar-refractivity contribution in [2.75, 3.05) is 13.1 Å². The minimum Gasteiger partial charge on any atom is -0.479 e. The highest BCUT2D eigenvalue weighted by Crippen LogP contribution is 2.26. The van der Waals surface area contributed by atoms with E-state index < -0.39 is 23.2 Å². The summed E-state index contributed by atoms with van der Waals surface area (Å²) >= 11 is 5.91. The number of benzene rings is 1. The number of carboxylic acid groups (broad SMARTS) is 1. The van der Waals surface area contributed by atoms with Crippen molar-refractivity contribution in [2.45, 2.75) is 45.3 Å². The fourth-order valence-electron chi connectivity index (χ4n) is 2.85. The maximum atomic E-state index is 12.7. The third-order valence-corrected chi connectivity index (χ3v) is 4.36. The molecule has 2 N–H and O–H groups in total. The molecule has 142 valence electrons. The van der Waals surface area contributed by atoms with Gasteiger partial charge in [-0.25, -0.2) is 9.59 Å². The predicted octanol–water partition coefficient (Wildman–Crippen LogP) is 2.84. The molecule has 1 aliphatic rings. The van der Waals surface area contributed by atoms with Gasteiger partial charge < -0.3 is 20.1 Å². The SMILES string of the molecule is Cc1cc(Cl)ccc1C(=O)N1CCC(NC(=O)OC(C)(C)C)(C(=O)O)C1. The molecule has 2 amide bonds. The van der Waals surface area contributed by atoms with Crippen LogP contribution in [0.5, 0.6) is 0 Å². The lowest BCUT2D eigenvalue weighted by molar-refractivity contribution is -0.144. The van der Waals surface area contributed by atoms with Crippen LogP contribution in [-0.2, 0) is 9.53 Å². The minimum atomic E-state index is -1.57. The van der Waals surface area contributed by atoms with Gasteiger partial charge >= 0.3 is 12.1 Å². The highest BCUT2D eigenvalue weighted by atomic mass is 35.5. The number of aliphatic carboxylic acids is 1. The van der Waals surface area contributed by atoms with Crippen LogP contribution in [0.1, 0.15) is 43.1 Å². The standard InChI is InChI=1S/C18H23ClN2O5/c1-11-9-12(19)5-6-13(11)14(22)21-8-7-18(10-21,15(23)24)20-16(25)26-17(2,3)4/h5-6,9H,7-8,10H2,1-4H3,(H,20,25)(H,23,24). The molecule has 0 spiro atoms. The third kappa shape index (κ3) is 4.46. The summed E-state index contributed by atoms with van der Waals surface area (Å²) in [6, 6.07) is 4.90. The summed E-state index contributed by atoms with van der Waals surface area (Å²) in [6.07, 6.45) is -0.725. The lowest BCUT2D eigenvalue weighted by atomic mass is 9.99. The van der Waals surface area contributed by atoms with Crippen molar-refractivity contribution in [2.24, 2.45) is 0 Å². The number of hydrogen-bond donors (Lipinski definition) is 2. The van der Waals surface area contributed by atoms with E-state index >= 15 is 0 Å². The first-order valence-corrected chi connectivity index (χ1v) is 8.61. The van der Waals surface area contributed by atoms with Gasteiger partial charge in [0, 0.05) is 23.6 Å². The van der Waals surface area contributed by atoms with Crippen LogP contribution < -0.4 is 5.32 Å². The summed E-state index contributed by atoms with van der Waals surface area (Å²) in [7, 11) is 0. The van der Waals surface area contributed by atoms with Crippen molar-refractivity contribution in [3.05, 3.63) is 34.3 Å². The number of carbonyl (C=O) groups excluding carboxylic acids is 2. The van der Waals surface area contributed by atoms with Crippen LogP contribution >= 0.6 is 11.6 Å². The number of carbonyl (C=O) groups is 3. The molecule has 7 nitrogen and oxygen atoms in total. The second kappa shape index (κ2) is 7.15. The van der Waals surface area contributed by atoms with E-state index in [9.17, 15) is 19.5 Å². The zero-order valence-corrected chi connectivity index (χ0v) is 16.0. The number of alkyl carbamates (subject to hydrolysis) is 1. The molecule has 1 unspecified atom stereocenters. The van der Waals surface area contributed by atoms with Crippen molar-refractivity contribution < 1.29 is 24.2 Å². The average molecular weight is 383 g/mol. The number of rotatable bonds is 3. The Balaban J connectivity index is 2.17. The van der Waals surface area contributed by atoms with Crippen LogP contribution in [0, 0.1) is 6.92 Å². The van der Waals surface area contributed by atoms with E-state index in [2.05, 4.69) is 5.32 Å². The highest BCUT2D eigenvalue weighted by Gasteiger charge is 2.48. The molecule has 2 rings (SSSR count). The normalized spacial score (nSPS) is 20.0. The number of hydrogen-bond acceptors (Lipinski definition) is 4. The van der Waals surface area contributed by atoms with Crippen molar-refractivity contribution >= 4 is 29.6 Å². The molecular formula is C18H23ClN2O5. The molecule has 1 aromatic carbocycles. The molecule has 1 heterocycles. The fraction of sp³-hybridized carbons (Fsp3) is 0.500. The Morgan fingerprint density at radius 3 is 2.50 bits per heavy atom. The molecule has 0 aromatic heterocycles. The Labute approximate surface area is 157 Å². The van der Waals surface area contributed by atoms with Gasteiger partial charge in [-0.2, -0.15) is 0 Å². The number of halogens is 1. The van der Waals surface area contributed by atoms with E-state index in [1.807, 2.05) is 0 Å². The smallest absolute Gasteiger partial charge is 0.408 e. The molecule has 26 heavy (non-hydrogen) atoms. The number of carboxylic acids is 1. The van der Waals surface area contributed by atoms with Crippen LogP contribution in [0.15, 0.2) is 18.2 Å². The van der Waals surface area contributed by atoms with Crippen molar-refractivity contribution in [1.29, 1.82) is 0 Å². The first-order chi connectivity index (χ1) is 11.9. The van der Waals surface area contributed by atoms with Gasteiger partial charge in [0.15, 0.2) is 5.54 Å². The third-order valence-electron chi connectivity index (χ3n) is 4.12. The van der Waals surface area contributed by atoms with Gasteiger partial charge in [-0.15, -0.1) is 0 Å². The van der Waals surface area contributed by atoms with Gasteiger partial charge in [0.1, 0.15) is 5.60 Å². The van der Waals surface area contributed by atoms with Crippen LogP contribution in [0.2, 0.25) is 5.02 Å². The number of aryl methyl sites for hydroxylation is 1. The Morgan fingerprint density at radius 2 is 1.96 bits per heavy atom. The molecule has 0 bridgehead atoms. The van der Waals surface area contributed by atoms with Gasteiger partial charge in [0.2, 0.25) is 0 Å². The molecule has 1 atom stereocenters. The maximum Gasteiger partial charge on any atom is 0.408 e. The van der Waals surface area contributed by atoms with Gasteiger partial charge in [-0.1, -0.05) is 11.6 Å². The topological polar surface area (TPSA) is 95.9 Å². The van der Waals surface area contributed by atoms with Crippen molar-refractivity contribution in [3.63, 3.8) is 0 Å². The van der Waals surface area contributed by atoms with Crippen LogP contribution in [0.3, 0.4) is 0 Å². The van der Waals surface area contributed by atoms with Crippen molar-refractivity contribution in [1.82, 2.24) is 10.2 Å². The van der Waals surface area contributed by atoms with Gasteiger partial charge in [-0.05, 0) is 51.5 Å². The molecule has 1 fully saturated rings. The van der Waals surface area contributed by atoms with Crippen LogP contribution in [-0.4, -0.2) is 52.2 Å². The first kappa shape index (κ1) is 20.0. The Kier molecular flexibility index (Phi) is 5.51. The van der Waals surface area contributed by atoms with Gasteiger partial charge in [0.25, 0.3) is 5.91 Å². The number of amides is 2. The first-order valence-electron chi connectivity index (χ1n) is 8.23. The van der Waals surface area contributed by atoms with Crippen LogP contribution in [0.25, 0.3) is 0 Å². The monoisotopic (exact) mass is 382 g/mol. The Morgan fingerprint density at radius 1 is 1.31 bits per heavy atom. The molecule has 1 aliphatic heterocycles. The maximum absolute atomic E-state index is 12.7. The summed E-state index contributed by atoms with van der Waals surface area (Å²) in [4.78, 5) is 38.0. The van der Waals surface area contributed by atoms with Gasteiger partial charge in [-0.3, -0.25) is 4.79 Å². The van der Waals surface area contributed by atoms with E-state index in [0.717, 1.165) is 0 Å². The lowest BCUT2D eigenvalue weighted by Gasteiger charge is -2.28. The number of likely N-dealkylation sites (tertiary alicyclic amines) is 1. The highest BCUT2D eigenvalue weighted by molar-refractivity contribution is 6.30. The van der Waals surface area contributed by atoms with Crippen LogP contribution in [0.4, 0.5) is 4.79 Å². The molecule has 1 saturated heterocycles. The zero-order valence-electron chi connectivity index (χ0n) is 15.3. The number of nitrogens with one attached hydrogen (secondary N) is 1. The average Bonchev–Trinajstić information content (AvgIpc) is 2.90. The molecule has 0 aliphatic carbocycles. The quantitative estimate of drug-likeness (QED) is 0.837. The zero-order chi connectivity index (χ0) is 19.7. The number of nitrogens with zero attached hydrogens (tertiary/aromatic N) is 1. The predicted molar refractivity (Wildman–Crippen MR) is 96.4 cm³/mol. The largest absolute Gasteiger partial charge is 0.479 e. The summed E-state index contributed by atoms with van der Waals surface area (Å²) in [5.41, 5.74) is -1.17. The van der Waals surface area contributed by atoms with E-state index in [4.69, 9.17) is 16.3 Å². The summed E-state index contributed by atoms with van der Waals surface area (Å²) in [5, 5.41) is 12.6. The van der Waals surface area contributed by atoms with E-state index in [1.54, 1.807) is 45.9 Å². The molecule has 0 saturated carbocycles. The van der Waals surface area contributed by atoms with E-state index in [0.29, 0.717) is 16.1 Å². The Hall–Kier alpha value is -2.28. The molecular weight excluding hydrogens is 360 g/mol. The minimum absolute atomic E-state index is 0.0972. The lowest BCUT2D eigenvalue weighted by Crippen LogP contribution is -2.57. The summed E-state index contributed by atoms with van der Waals surface area (Å²) < 4.78 is 5.16. The molecule has 1 aromatic rings.